The first kappa shape index (κ1) is 14.7. The molecule has 18 heavy (non-hydrogen) atoms. The Morgan fingerprint density at radius 3 is 2.67 bits per heavy atom. The molecule has 0 fully saturated rings. The number of benzene rings is 1. The van der Waals surface area contributed by atoms with E-state index in [4.69, 9.17) is 9.84 Å². The number of nitrogens with one attached hydrogen (secondary N) is 1. The first-order valence-electron chi connectivity index (χ1n) is 6.33. The maximum atomic E-state index is 11.6. The van der Waals surface area contributed by atoms with Gasteiger partial charge in [-0.05, 0) is 37.5 Å². The van der Waals surface area contributed by atoms with Crippen LogP contribution in [0.2, 0.25) is 0 Å². The number of hydrogen-bond acceptors (Lipinski definition) is 3. The third kappa shape index (κ3) is 5.80. The van der Waals surface area contributed by atoms with Gasteiger partial charge in [0.05, 0.1) is 0 Å². The summed E-state index contributed by atoms with van der Waals surface area (Å²) in [6.07, 6.45) is 1.85. The van der Waals surface area contributed by atoms with Crippen LogP contribution < -0.4 is 5.32 Å². The molecule has 4 heteroatoms. The Balaban J connectivity index is 2.30. The SMILES string of the molecule is CCOCCCC(=O)Nc1ccc(CCO)cc1. The van der Waals surface area contributed by atoms with E-state index in [2.05, 4.69) is 5.32 Å². The summed E-state index contributed by atoms with van der Waals surface area (Å²) in [5.74, 6) is 0.00427. The topological polar surface area (TPSA) is 58.6 Å². The van der Waals surface area contributed by atoms with Crippen LogP contribution in [0.4, 0.5) is 5.69 Å². The van der Waals surface area contributed by atoms with Crippen molar-refractivity contribution in [1.29, 1.82) is 0 Å². The van der Waals surface area contributed by atoms with Crippen LogP contribution in [0, 0.1) is 0 Å². The Morgan fingerprint density at radius 1 is 1.33 bits per heavy atom. The summed E-state index contributed by atoms with van der Waals surface area (Å²) >= 11 is 0. The van der Waals surface area contributed by atoms with Gasteiger partial charge >= 0.3 is 0 Å². The van der Waals surface area contributed by atoms with E-state index >= 15 is 0 Å². The molecule has 0 radical (unpaired) electrons. The lowest BCUT2D eigenvalue weighted by atomic mass is 10.1. The second-order valence-electron chi connectivity index (χ2n) is 4.02. The van der Waals surface area contributed by atoms with E-state index in [1.165, 1.54) is 0 Å². The van der Waals surface area contributed by atoms with E-state index < -0.39 is 0 Å². The highest BCUT2D eigenvalue weighted by molar-refractivity contribution is 5.90. The van der Waals surface area contributed by atoms with Gasteiger partial charge < -0.3 is 15.2 Å². The van der Waals surface area contributed by atoms with Gasteiger partial charge in [0.15, 0.2) is 0 Å². The summed E-state index contributed by atoms with van der Waals surface area (Å²) in [5, 5.41) is 11.6. The van der Waals surface area contributed by atoms with Crippen molar-refractivity contribution in [2.45, 2.75) is 26.2 Å². The minimum Gasteiger partial charge on any atom is -0.396 e. The zero-order valence-corrected chi connectivity index (χ0v) is 10.8. The van der Waals surface area contributed by atoms with E-state index in [0.717, 1.165) is 17.7 Å². The van der Waals surface area contributed by atoms with Crippen LogP contribution in [0.25, 0.3) is 0 Å². The highest BCUT2D eigenvalue weighted by Crippen LogP contribution is 2.10. The molecular formula is C14H21NO3. The van der Waals surface area contributed by atoms with E-state index in [1.54, 1.807) is 0 Å². The Labute approximate surface area is 108 Å². The molecule has 0 saturated carbocycles. The molecular weight excluding hydrogens is 230 g/mol. The first-order chi connectivity index (χ1) is 8.76. The second kappa shape index (κ2) is 8.66. The van der Waals surface area contributed by atoms with Crippen molar-refractivity contribution in [1.82, 2.24) is 0 Å². The zero-order chi connectivity index (χ0) is 13.2. The van der Waals surface area contributed by atoms with E-state index in [9.17, 15) is 4.79 Å². The normalized spacial score (nSPS) is 10.3. The quantitative estimate of drug-likeness (QED) is 0.694. The van der Waals surface area contributed by atoms with Gasteiger partial charge in [-0.1, -0.05) is 12.1 Å². The number of anilines is 1. The van der Waals surface area contributed by atoms with Crippen molar-refractivity contribution in [2.75, 3.05) is 25.1 Å². The highest BCUT2D eigenvalue weighted by Gasteiger charge is 2.02. The van der Waals surface area contributed by atoms with Crippen LogP contribution in [0.5, 0.6) is 0 Å². The number of rotatable bonds is 8. The maximum Gasteiger partial charge on any atom is 0.224 e. The number of ether oxygens (including phenoxy) is 1. The van der Waals surface area contributed by atoms with Crippen LogP contribution in [-0.4, -0.2) is 30.8 Å². The average Bonchev–Trinajstić information content (AvgIpc) is 2.37. The zero-order valence-electron chi connectivity index (χ0n) is 10.8. The number of carbonyl (C=O) groups excluding carboxylic acids is 1. The fourth-order valence-electron chi connectivity index (χ4n) is 1.59. The summed E-state index contributed by atoms with van der Waals surface area (Å²) < 4.78 is 5.17. The molecule has 1 amide bonds. The summed E-state index contributed by atoms with van der Waals surface area (Å²) in [4.78, 5) is 11.6. The van der Waals surface area contributed by atoms with Crippen molar-refractivity contribution in [3.8, 4) is 0 Å². The van der Waals surface area contributed by atoms with Gasteiger partial charge in [-0.2, -0.15) is 0 Å². The molecule has 0 aliphatic rings. The number of aliphatic hydroxyl groups excluding tert-OH is 1. The lowest BCUT2D eigenvalue weighted by Crippen LogP contribution is -2.12. The monoisotopic (exact) mass is 251 g/mol. The summed E-state index contributed by atoms with van der Waals surface area (Å²) in [7, 11) is 0. The summed E-state index contributed by atoms with van der Waals surface area (Å²) in [6, 6.07) is 7.52. The van der Waals surface area contributed by atoms with Gasteiger partial charge in [-0.3, -0.25) is 4.79 Å². The Bertz CT molecular complexity index is 349. The molecule has 2 N–H and O–H groups in total. The predicted molar refractivity (Wildman–Crippen MR) is 71.6 cm³/mol. The van der Waals surface area contributed by atoms with Crippen LogP contribution in [0.3, 0.4) is 0 Å². The third-order valence-corrected chi connectivity index (χ3v) is 2.53. The van der Waals surface area contributed by atoms with Crippen molar-refractivity contribution >= 4 is 11.6 Å². The second-order valence-corrected chi connectivity index (χ2v) is 4.02. The molecule has 100 valence electrons. The molecule has 0 atom stereocenters. The van der Waals surface area contributed by atoms with Gasteiger partial charge in [-0.15, -0.1) is 0 Å². The smallest absolute Gasteiger partial charge is 0.224 e. The average molecular weight is 251 g/mol. The molecule has 0 heterocycles. The van der Waals surface area contributed by atoms with Gasteiger partial charge in [0, 0.05) is 31.9 Å². The van der Waals surface area contributed by atoms with Crippen molar-refractivity contribution in [3.05, 3.63) is 29.8 Å². The molecule has 0 saturated heterocycles. The van der Waals surface area contributed by atoms with Crippen LogP contribution in [-0.2, 0) is 16.0 Å². The van der Waals surface area contributed by atoms with Gasteiger partial charge in [0.25, 0.3) is 0 Å². The Kier molecular flexibility index (Phi) is 7.06. The van der Waals surface area contributed by atoms with Crippen LogP contribution >= 0.6 is 0 Å². The van der Waals surface area contributed by atoms with Crippen LogP contribution in [0.15, 0.2) is 24.3 Å². The maximum absolute atomic E-state index is 11.6. The molecule has 0 aromatic heterocycles. The molecule has 1 aromatic rings. The van der Waals surface area contributed by atoms with E-state index in [-0.39, 0.29) is 12.5 Å². The molecule has 0 aliphatic carbocycles. The lowest BCUT2D eigenvalue weighted by Gasteiger charge is -2.06. The molecule has 1 rings (SSSR count). The molecule has 4 nitrogen and oxygen atoms in total. The Morgan fingerprint density at radius 2 is 2.06 bits per heavy atom. The van der Waals surface area contributed by atoms with Gasteiger partial charge in [-0.25, -0.2) is 0 Å². The van der Waals surface area contributed by atoms with E-state index in [1.807, 2.05) is 31.2 Å². The minimum absolute atomic E-state index is 0.00427. The fourth-order valence-corrected chi connectivity index (χ4v) is 1.59. The van der Waals surface area contributed by atoms with Crippen molar-refractivity contribution in [3.63, 3.8) is 0 Å². The standard InChI is InChI=1S/C14H21NO3/c1-2-18-11-3-4-14(17)15-13-7-5-12(6-8-13)9-10-16/h5-8,16H,2-4,9-11H2,1H3,(H,15,17). The lowest BCUT2D eigenvalue weighted by molar-refractivity contribution is -0.116. The number of aliphatic hydroxyl groups is 1. The first-order valence-corrected chi connectivity index (χ1v) is 6.33. The number of hydrogen-bond donors (Lipinski definition) is 2. The van der Waals surface area contributed by atoms with Crippen molar-refractivity contribution < 1.29 is 14.6 Å². The number of carbonyl (C=O) groups is 1. The molecule has 1 aromatic carbocycles. The molecule has 0 aliphatic heterocycles. The van der Waals surface area contributed by atoms with Crippen LogP contribution in [0.1, 0.15) is 25.3 Å². The summed E-state index contributed by atoms with van der Waals surface area (Å²) in [5.41, 5.74) is 1.85. The highest BCUT2D eigenvalue weighted by atomic mass is 16.5. The Hall–Kier alpha value is -1.39. The molecule has 0 bridgehead atoms. The molecule has 0 spiro atoms. The third-order valence-electron chi connectivity index (χ3n) is 2.53. The number of amides is 1. The summed E-state index contributed by atoms with van der Waals surface area (Å²) in [6.45, 7) is 3.39. The van der Waals surface area contributed by atoms with Crippen molar-refractivity contribution in [2.24, 2.45) is 0 Å². The molecule has 0 unspecified atom stereocenters. The predicted octanol–water partition coefficient (Wildman–Crippen LogP) is 1.98. The largest absolute Gasteiger partial charge is 0.396 e. The van der Waals surface area contributed by atoms with E-state index in [0.29, 0.717) is 26.1 Å². The minimum atomic E-state index is 0.00427. The van der Waals surface area contributed by atoms with Gasteiger partial charge in [0.1, 0.15) is 0 Å². The van der Waals surface area contributed by atoms with Gasteiger partial charge in [0.2, 0.25) is 5.91 Å². The fraction of sp³-hybridized carbons (Fsp3) is 0.500.